The molecule has 0 aliphatic carbocycles. The molecule has 1 aliphatic heterocycles. The molecule has 1 aromatic carbocycles. The van der Waals surface area contributed by atoms with Crippen LogP contribution in [0.1, 0.15) is 49.3 Å². The second kappa shape index (κ2) is 7.30. The molecule has 0 saturated carbocycles. The van der Waals surface area contributed by atoms with Crippen molar-refractivity contribution in [1.82, 2.24) is 9.88 Å². The fourth-order valence-electron chi connectivity index (χ4n) is 3.20. The Morgan fingerprint density at radius 1 is 1.21 bits per heavy atom. The predicted molar refractivity (Wildman–Crippen MR) is 100 cm³/mol. The Labute approximate surface area is 162 Å². The van der Waals surface area contributed by atoms with Crippen LogP contribution in [0.2, 0.25) is 0 Å². The van der Waals surface area contributed by atoms with Crippen molar-refractivity contribution < 1.29 is 23.1 Å². The van der Waals surface area contributed by atoms with Crippen LogP contribution in [-0.4, -0.2) is 35.0 Å². The Hall–Kier alpha value is -2.83. The van der Waals surface area contributed by atoms with E-state index in [0.717, 1.165) is 17.0 Å². The Morgan fingerprint density at radius 2 is 1.93 bits per heavy atom. The summed E-state index contributed by atoms with van der Waals surface area (Å²) < 4.78 is 32.1. The standard InChI is InChI=1S/C21H22F2N2O3/c1-5-28-20(27)25-9-8-17-13(19(25)26)11-14(21(2,3)4)18(24-17)12-6-7-15(22)16(23)10-12/h6-7,10-11H,5,8-9H2,1-4H3. The first-order valence-corrected chi connectivity index (χ1v) is 9.12. The zero-order valence-electron chi connectivity index (χ0n) is 16.3. The Morgan fingerprint density at radius 3 is 2.54 bits per heavy atom. The number of amides is 2. The highest BCUT2D eigenvalue weighted by Crippen LogP contribution is 2.35. The first-order chi connectivity index (χ1) is 13.1. The number of rotatable bonds is 2. The van der Waals surface area contributed by atoms with Gasteiger partial charge in [0.15, 0.2) is 11.6 Å². The van der Waals surface area contributed by atoms with Crippen molar-refractivity contribution in [1.29, 1.82) is 0 Å². The molecule has 2 heterocycles. The molecule has 0 spiro atoms. The van der Waals surface area contributed by atoms with E-state index >= 15 is 0 Å². The highest BCUT2D eigenvalue weighted by atomic mass is 19.2. The number of benzene rings is 1. The van der Waals surface area contributed by atoms with Gasteiger partial charge < -0.3 is 4.74 Å². The van der Waals surface area contributed by atoms with Gasteiger partial charge in [-0.1, -0.05) is 20.8 Å². The van der Waals surface area contributed by atoms with Crippen molar-refractivity contribution in [3.63, 3.8) is 0 Å². The number of imide groups is 1. The third-order valence-corrected chi connectivity index (χ3v) is 4.64. The summed E-state index contributed by atoms with van der Waals surface area (Å²) in [6, 6.07) is 5.34. The van der Waals surface area contributed by atoms with Crippen LogP contribution in [0.25, 0.3) is 11.3 Å². The first-order valence-electron chi connectivity index (χ1n) is 9.12. The lowest BCUT2D eigenvalue weighted by Gasteiger charge is -2.29. The number of hydrogen-bond acceptors (Lipinski definition) is 4. The Kier molecular flexibility index (Phi) is 5.19. The minimum absolute atomic E-state index is 0.156. The molecular formula is C21H22F2N2O3. The smallest absolute Gasteiger partial charge is 0.416 e. The fraction of sp³-hybridized carbons (Fsp3) is 0.381. The van der Waals surface area contributed by atoms with Crippen molar-refractivity contribution in [2.75, 3.05) is 13.2 Å². The van der Waals surface area contributed by atoms with Crippen LogP contribution in [0.3, 0.4) is 0 Å². The Bertz CT molecular complexity index is 951. The van der Waals surface area contributed by atoms with E-state index in [2.05, 4.69) is 4.98 Å². The monoisotopic (exact) mass is 388 g/mol. The van der Waals surface area contributed by atoms with Crippen LogP contribution in [0.4, 0.5) is 13.6 Å². The van der Waals surface area contributed by atoms with Gasteiger partial charge >= 0.3 is 6.09 Å². The van der Waals surface area contributed by atoms with E-state index in [1.165, 1.54) is 6.07 Å². The fourth-order valence-corrected chi connectivity index (χ4v) is 3.20. The summed E-state index contributed by atoms with van der Waals surface area (Å²) in [7, 11) is 0. The first kappa shape index (κ1) is 19.9. The molecule has 2 aromatic rings. The van der Waals surface area contributed by atoms with E-state index < -0.39 is 29.0 Å². The molecule has 148 valence electrons. The van der Waals surface area contributed by atoms with E-state index in [0.29, 0.717) is 34.5 Å². The van der Waals surface area contributed by atoms with Crippen molar-refractivity contribution in [2.45, 2.75) is 39.5 Å². The maximum atomic E-state index is 13.8. The summed E-state index contributed by atoms with van der Waals surface area (Å²) in [6.45, 7) is 7.83. The zero-order chi connectivity index (χ0) is 20.6. The van der Waals surface area contributed by atoms with E-state index in [-0.39, 0.29) is 13.2 Å². The number of halogens is 2. The molecule has 0 unspecified atom stereocenters. The molecule has 0 atom stereocenters. The van der Waals surface area contributed by atoms with Crippen LogP contribution in [0.5, 0.6) is 0 Å². The SMILES string of the molecule is CCOC(=O)N1CCc2nc(-c3ccc(F)c(F)c3)c(C(C)(C)C)cc2C1=O. The predicted octanol–water partition coefficient (Wildman–Crippen LogP) is 4.48. The zero-order valence-corrected chi connectivity index (χ0v) is 16.3. The molecule has 3 rings (SSSR count). The number of nitrogens with zero attached hydrogens (tertiary/aromatic N) is 2. The lowest BCUT2D eigenvalue weighted by molar-refractivity contribution is 0.0655. The summed E-state index contributed by atoms with van der Waals surface area (Å²) in [6.07, 6.45) is -0.318. The lowest BCUT2D eigenvalue weighted by atomic mass is 9.82. The Balaban J connectivity index is 2.14. The number of aromatic nitrogens is 1. The number of hydrogen-bond donors (Lipinski definition) is 0. The topological polar surface area (TPSA) is 59.5 Å². The highest BCUT2D eigenvalue weighted by molar-refractivity contribution is 6.05. The molecule has 0 fully saturated rings. The summed E-state index contributed by atoms with van der Waals surface area (Å²) in [4.78, 5) is 30.6. The minimum Gasteiger partial charge on any atom is -0.449 e. The van der Waals surface area contributed by atoms with Crippen LogP contribution >= 0.6 is 0 Å². The van der Waals surface area contributed by atoms with E-state index in [1.807, 2.05) is 20.8 Å². The second-order valence-electron chi connectivity index (χ2n) is 7.66. The normalized spacial score (nSPS) is 14.1. The summed E-state index contributed by atoms with van der Waals surface area (Å²) in [5, 5.41) is 0. The van der Waals surface area contributed by atoms with Gasteiger partial charge in [0.2, 0.25) is 0 Å². The summed E-state index contributed by atoms with van der Waals surface area (Å²) >= 11 is 0. The molecule has 28 heavy (non-hydrogen) atoms. The maximum Gasteiger partial charge on any atom is 0.416 e. The van der Waals surface area contributed by atoms with Crippen LogP contribution in [-0.2, 0) is 16.6 Å². The maximum absolute atomic E-state index is 13.8. The average Bonchev–Trinajstić information content (AvgIpc) is 2.63. The molecule has 2 amide bonds. The van der Waals surface area contributed by atoms with Crippen molar-refractivity contribution in [2.24, 2.45) is 0 Å². The molecule has 5 nitrogen and oxygen atoms in total. The van der Waals surface area contributed by atoms with Crippen LogP contribution in [0.15, 0.2) is 24.3 Å². The highest BCUT2D eigenvalue weighted by Gasteiger charge is 2.33. The van der Waals surface area contributed by atoms with Gasteiger partial charge in [-0.25, -0.2) is 18.5 Å². The van der Waals surface area contributed by atoms with Gasteiger partial charge in [-0.2, -0.15) is 0 Å². The molecule has 1 aliphatic rings. The van der Waals surface area contributed by atoms with Crippen LogP contribution < -0.4 is 0 Å². The number of pyridine rings is 1. The minimum atomic E-state index is -0.957. The molecule has 0 N–H and O–H groups in total. The number of carbonyl (C=O) groups is 2. The van der Waals surface area contributed by atoms with Gasteiger partial charge in [-0.15, -0.1) is 0 Å². The molecule has 0 saturated heterocycles. The van der Waals surface area contributed by atoms with E-state index in [1.54, 1.807) is 13.0 Å². The van der Waals surface area contributed by atoms with Gasteiger partial charge in [0, 0.05) is 18.5 Å². The van der Waals surface area contributed by atoms with Gasteiger partial charge in [-0.3, -0.25) is 9.78 Å². The third kappa shape index (κ3) is 3.61. The molecule has 7 heteroatoms. The molecule has 0 bridgehead atoms. The summed E-state index contributed by atoms with van der Waals surface area (Å²) in [5.41, 5.74) is 2.08. The van der Waals surface area contributed by atoms with Gasteiger partial charge in [-0.05, 0) is 42.2 Å². The lowest BCUT2D eigenvalue weighted by Crippen LogP contribution is -2.43. The largest absolute Gasteiger partial charge is 0.449 e. The average molecular weight is 388 g/mol. The van der Waals surface area contributed by atoms with Crippen molar-refractivity contribution in [3.05, 3.63) is 52.7 Å². The van der Waals surface area contributed by atoms with Crippen LogP contribution in [0, 0.1) is 11.6 Å². The number of fused-ring (bicyclic) bond motifs is 1. The second-order valence-corrected chi connectivity index (χ2v) is 7.66. The van der Waals surface area contributed by atoms with Crippen molar-refractivity contribution >= 4 is 12.0 Å². The molecule has 1 aromatic heterocycles. The molecular weight excluding hydrogens is 366 g/mol. The number of carbonyl (C=O) groups excluding carboxylic acids is 2. The van der Waals surface area contributed by atoms with Gasteiger partial charge in [0.05, 0.1) is 23.6 Å². The third-order valence-electron chi connectivity index (χ3n) is 4.64. The van der Waals surface area contributed by atoms with Gasteiger partial charge in [0.1, 0.15) is 0 Å². The van der Waals surface area contributed by atoms with E-state index in [9.17, 15) is 18.4 Å². The quantitative estimate of drug-likeness (QED) is 0.761. The summed E-state index contributed by atoms with van der Waals surface area (Å²) in [5.74, 6) is -2.35. The van der Waals surface area contributed by atoms with E-state index in [4.69, 9.17) is 4.74 Å². The molecule has 0 radical (unpaired) electrons. The van der Waals surface area contributed by atoms with Gasteiger partial charge in [0.25, 0.3) is 5.91 Å². The number of ether oxygens (including phenoxy) is 1. The van der Waals surface area contributed by atoms with Crippen molar-refractivity contribution in [3.8, 4) is 11.3 Å².